The van der Waals surface area contributed by atoms with Crippen molar-refractivity contribution in [1.82, 2.24) is 24.4 Å². The summed E-state index contributed by atoms with van der Waals surface area (Å²) in [6, 6.07) is 4.67. The maximum Gasteiger partial charge on any atom is 0.257 e. The molecule has 11 heteroatoms. The van der Waals surface area contributed by atoms with E-state index in [1.165, 1.54) is 29.4 Å². The number of benzene rings is 1. The van der Waals surface area contributed by atoms with E-state index in [-0.39, 0.29) is 47.1 Å². The largest absolute Gasteiger partial charge is 0.393 e. The third kappa shape index (κ3) is 4.48. The zero-order valence-corrected chi connectivity index (χ0v) is 20.5. The van der Waals surface area contributed by atoms with Gasteiger partial charge in [-0.2, -0.15) is 5.26 Å². The number of ether oxygens (including phenoxy) is 1. The minimum Gasteiger partial charge on any atom is -0.393 e. The maximum absolute atomic E-state index is 15.8. The summed E-state index contributed by atoms with van der Waals surface area (Å²) in [5.41, 5.74) is -0.620. The molecule has 1 aromatic carbocycles. The fourth-order valence-electron chi connectivity index (χ4n) is 5.03. The Labute approximate surface area is 213 Å². The first-order valence-corrected chi connectivity index (χ1v) is 12.1. The number of hydrogen-bond acceptors (Lipinski definition) is 8. The minimum atomic E-state index is -1.60. The van der Waals surface area contributed by atoms with Crippen molar-refractivity contribution in [3.8, 4) is 6.07 Å². The molecule has 1 aliphatic carbocycles. The average Bonchev–Trinajstić information content (AvgIpc) is 3.59. The van der Waals surface area contributed by atoms with E-state index in [1.54, 1.807) is 31.1 Å². The van der Waals surface area contributed by atoms with Crippen molar-refractivity contribution in [1.29, 1.82) is 5.26 Å². The first-order chi connectivity index (χ1) is 17.7. The van der Waals surface area contributed by atoms with Crippen LogP contribution in [0.25, 0.3) is 0 Å². The van der Waals surface area contributed by atoms with E-state index in [4.69, 9.17) is 10.00 Å². The predicted octanol–water partition coefficient (Wildman–Crippen LogP) is 2.45. The summed E-state index contributed by atoms with van der Waals surface area (Å²) in [5, 5.41) is 30.5. The Bertz CT molecular complexity index is 1370. The van der Waals surface area contributed by atoms with Crippen LogP contribution in [0, 0.1) is 17.1 Å². The van der Waals surface area contributed by atoms with E-state index in [2.05, 4.69) is 15.0 Å². The Balaban J connectivity index is 1.55. The molecule has 3 unspecified atom stereocenters. The van der Waals surface area contributed by atoms with E-state index < -0.39 is 29.7 Å². The number of carbonyl (C=O) groups is 1. The fraction of sp³-hybridized carbons (Fsp3) is 0.423. The number of nitriles is 1. The van der Waals surface area contributed by atoms with Crippen molar-refractivity contribution in [2.45, 2.75) is 63.2 Å². The number of aryl methyl sites for hydroxylation is 1. The second kappa shape index (κ2) is 9.63. The van der Waals surface area contributed by atoms with Crippen molar-refractivity contribution >= 4 is 5.91 Å². The molecule has 2 N–H and O–H groups in total. The number of aromatic nitrogens is 4. The first kappa shape index (κ1) is 25.0. The van der Waals surface area contributed by atoms with Crippen LogP contribution in [0.4, 0.5) is 4.39 Å². The molecule has 3 aromatic rings. The molecule has 0 spiro atoms. The zero-order valence-electron chi connectivity index (χ0n) is 20.5. The van der Waals surface area contributed by atoms with Gasteiger partial charge in [0.25, 0.3) is 5.91 Å². The fourth-order valence-corrected chi connectivity index (χ4v) is 5.03. The number of fused-ring (bicyclic) bond motifs is 1. The average molecular weight is 507 g/mol. The summed E-state index contributed by atoms with van der Waals surface area (Å²) in [6.07, 6.45) is 5.71. The van der Waals surface area contributed by atoms with E-state index >= 15 is 4.39 Å². The molecule has 1 amide bonds. The van der Waals surface area contributed by atoms with Gasteiger partial charge >= 0.3 is 0 Å². The number of halogens is 1. The third-order valence-corrected chi connectivity index (χ3v) is 7.09. The van der Waals surface area contributed by atoms with Crippen LogP contribution in [-0.2, 0) is 23.9 Å². The van der Waals surface area contributed by atoms with Gasteiger partial charge in [0.05, 0.1) is 41.9 Å². The van der Waals surface area contributed by atoms with Crippen LogP contribution < -0.4 is 0 Å². The molecule has 2 aliphatic rings. The van der Waals surface area contributed by atoms with Crippen molar-refractivity contribution in [2.75, 3.05) is 0 Å². The van der Waals surface area contributed by atoms with Crippen LogP contribution in [0.1, 0.15) is 77.4 Å². The molecule has 1 fully saturated rings. The van der Waals surface area contributed by atoms with Gasteiger partial charge in [-0.1, -0.05) is 6.92 Å². The monoisotopic (exact) mass is 506 g/mol. The zero-order chi connectivity index (χ0) is 26.3. The van der Waals surface area contributed by atoms with Gasteiger partial charge in [-0.15, -0.1) is 0 Å². The third-order valence-electron chi connectivity index (χ3n) is 7.09. The van der Waals surface area contributed by atoms with Crippen molar-refractivity contribution in [2.24, 2.45) is 7.05 Å². The van der Waals surface area contributed by atoms with Gasteiger partial charge in [-0.3, -0.25) is 4.79 Å². The first-order valence-electron chi connectivity index (χ1n) is 12.1. The molecule has 37 heavy (non-hydrogen) atoms. The Hall–Kier alpha value is -3.72. The number of nitrogens with zero attached hydrogens (tertiary/aromatic N) is 6. The molecular weight excluding hydrogens is 479 g/mol. The van der Waals surface area contributed by atoms with E-state index in [0.717, 1.165) is 0 Å². The Morgan fingerprint density at radius 3 is 2.62 bits per heavy atom. The van der Waals surface area contributed by atoms with Gasteiger partial charge in [0.15, 0.2) is 6.23 Å². The van der Waals surface area contributed by atoms with Crippen LogP contribution in [0.3, 0.4) is 0 Å². The molecule has 4 atom stereocenters. The van der Waals surface area contributed by atoms with Gasteiger partial charge in [-0.25, -0.2) is 19.3 Å². The highest BCUT2D eigenvalue weighted by Gasteiger charge is 2.44. The second-order valence-electron chi connectivity index (χ2n) is 9.57. The van der Waals surface area contributed by atoms with Gasteiger partial charge in [0, 0.05) is 31.2 Å². The summed E-state index contributed by atoms with van der Waals surface area (Å²) in [7, 11) is 1.77. The number of imidazole rings is 1. The lowest BCUT2D eigenvalue weighted by Crippen LogP contribution is -2.32. The summed E-state index contributed by atoms with van der Waals surface area (Å²) in [4.78, 5) is 27.6. The van der Waals surface area contributed by atoms with Gasteiger partial charge in [-0.05, 0) is 43.4 Å². The highest BCUT2D eigenvalue weighted by Crippen LogP contribution is 2.43. The molecule has 0 radical (unpaired) electrons. The normalized spacial score (nSPS) is 22.6. The van der Waals surface area contributed by atoms with Crippen LogP contribution >= 0.6 is 0 Å². The lowest BCUT2D eigenvalue weighted by atomic mass is 9.86. The SMILES string of the molecule is CCC(O)(c1cc(F)c2c(c1)C(=O)N(Cc1ncc(C#N)cn1)[C@@H]2OC1CCC(O)C1)c1cn(C)cn1. The smallest absolute Gasteiger partial charge is 0.257 e. The minimum absolute atomic E-state index is 0.0725. The van der Waals surface area contributed by atoms with E-state index in [1.807, 2.05) is 6.07 Å². The highest BCUT2D eigenvalue weighted by atomic mass is 19.1. The van der Waals surface area contributed by atoms with Crippen molar-refractivity contribution in [3.63, 3.8) is 0 Å². The summed E-state index contributed by atoms with van der Waals surface area (Å²) < 4.78 is 23.7. The summed E-state index contributed by atoms with van der Waals surface area (Å²) >= 11 is 0. The number of aliphatic hydroxyl groups excluding tert-OH is 1. The maximum atomic E-state index is 15.8. The lowest BCUT2D eigenvalue weighted by molar-refractivity contribution is -0.0864. The Kier molecular flexibility index (Phi) is 6.49. The van der Waals surface area contributed by atoms with Crippen LogP contribution in [-0.4, -0.2) is 52.7 Å². The standard InChI is InChI=1S/C26H27FN6O4/c1-3-26(36,21-12-32(2)14-31-21)16-6-19-23(20(27)7-16)25(37-18-5-4-17(34)8-18)33(24(19)35)13-22-29-10-15(9-28)11-30-22/h6-7,10-12,14,17-18,25,34,36H,3-5,8,13H2,1-2H3/t17?,18?,25-,26?/m1/s1. The topological polar surface area (TPSA) is 137 Å². The molecule has 0 bridgehead atoms. The van der Waals surface area contributed by atoms with Gasteiger partial charge in [0.2, 0.25) is 0 Å². The van der Waals surface area contributed by atoms with Gasteiger partial charge in [0.1, 0.15) is 23.3 Å². The van der Waals surface area contributed by atoms with Gasteiger partial charge < -0.3 is 24.4 Å². The number of hydrogen-bond donors (Lipinski definition) is 2. The molecular formula is C26H27FN6O4. The molecule has 10 nitrogen and oxygen atoms in total. The molecule has 192 valence electrons. The quantitative estimate of drug-likeness (QED) is 0.499. The lowest BCUT2D eigenvalue weighted by Gasteiger charge is -2.28. The molecule has 0 saturated heterocycles. The number of aliphatic hydroxyl groups is 2. The van der Waals surface area contributed by atoms with Crippen LogP contribution in [0.2, 0.25) is 0 Å². The molecule has 2 aromatic heterocycles. The Morgan fingerprint density at radius 2 is 2.03 bits per heavy atom. The molecule has 3 heterocycles. The summed E-state index contributed by atoms with van der Waals surface area (Å²) in [6.45, 7) is 1.68. The van der Waals surface area contributed by atoms with E-state index in [0.29, 0.717) is 25.0 Å². The summed E-state index contributed by atoms with van der Waals surface area (Å²) in [5.74, 6) is -0.915. The Morgan fingerprint density at radius 1 is 1.27 bits per heavy atom. The van der Waals surface area contributed by atoms with Crippen molar-refractivity contribution in [3.05, 3.63) is 76.6 Å². The van der Waals surface area contributed by atoms with Crippen molar-refractivity contribution < 1.29 is 24.1 Å². The highest BCUT2D eigenvalue weighted by molar-refractivity contribution is 5.99. The number of amides is 1. The van der Waals surface area contributed by atoms with E-state index in [9.17, 15) is 15.0 Å². The molecule has 5 rings (SSSR count). The molecule has 1 aliphatic heterocycles. The molecule has 1 saturated carbocycles. The number of carbonyl (C=O) groups excluding carboxylic acids is 1. The van der Waals surface area contributed by atoms with Crippen LogP contribution in [0.5, 0.6) is 0 Å². The predicted molar refractivity (Wildman–Crippen MR) is 127 cm³/mol. The number of rotatable bonds is 7. The van der Waals surface area contributed by atoms with Crippen LogP contribution in [0.15, 0.2) is 37.1 Å². The second-order valence-corrected chi connectivity index (χ2v) is 9.57.